The van der Waals surface area contributed by atoms with Crippen LogP contribution in [0.2, 0.25) is 0 Å². The minimum absolute atomic E-state index is 0.0240. The summed E-state index contributed by atoms with van der Waals surface area (Å²) in [4.78, 5) is 23.9. The third kappa shape index (κ3) is 1.86. The van der Waals surface area contributed by atoms with Gasteiger partial charge in [0.2, 0.25) is 5.76 Å². The molecule has 0 amide bonds. The standard InChI is InChI=1S/C15H14O5/c1-8-13-10(16)6-9(11-4-3-5-19-11)7-12(13)20-14(8)15(17)18-2/h3-5,9H,6-7H2,1-2H3/t9-/m1/s1. The highest BCUT2D eigenvalue weighted by Gasteiger charge is 2.35. The molecule has 2 heterocycles. The van der Waals surface area contributed by atoms with Crippen molar-refractivity contribution in [2.24, 2.45) is 0 Å². The maximum Gasteiger partial charge on any atom is 0.374 e. The van der Waals surface area contributed by atoms with E-state index in [-0.39, 0.29) is 17.5 Å². The predicted octanol–water partition coefficient (Wildman–Crippen LogP) is 2.88. The van der Waals surface area contributed by atoms with Gasteiger partial charge in [0.1, 0.15) is 11.5 Å². The molecule has 0 N–H and O–H groups in total. The molecule has 1 atom stereocenters. The van der Waals surface area contributed by atoms with Crippen LogP contribution in [0.5, 0.6) is 0 Å². The number of esters is 1. The zero-order valence-corrected chi connectivity index (χ0v) is 11.3. The summed E-state index contributed by atoms with van der Waals surface area (Å²) >= 11 is 0. The van der Waals surface area contributed by atoms with Gasteiger partial charge in [0.25, 0.3) is 0 Å². The lowest BCUT2D eigenvalue weighted by Crippen LogP contribution is -2.17. The van der Waals surface area contributed by atoms with Crippen LogP contribution in [-0.2, 0) is 11.2 Å². The summed E-state index contributed by atoms with van der Waals surface area (Å²) < 4.78 is 15.6. The summed E-state index contributed by atoms with van der Waals surface area (Å²) in [6.07, 6.45) is 2.50. The maximum absolute atomic E-state index is 12.3. The summed E-state index contributed by atoms with van der Waals surface area (Å²) in [5, 5.41) is 0. The van der Waals surface area contributed by atoms with Crippen LogP contribution < -0.4 is 0 Å². The number of hydrogen-bond acceptors (Lipinski definition) is 5. The van der Waals surface area contributed by atoms with Gasteiger partial charge in [-0.15, -0.1) is 0 Å². The lowest BCUT2D eigenvalue weighted by Gasteiger charge is -2.18. The molecule has 5 nitrogen and oxygen atoms in total. The molecule has 3 rings (SSSR count). The first-order chi connectivity index (χ1) is 9.61. The van der Waals surface area contributed by atoms with Crippen molar-refractivity contribution in [3.63, 3.8) is 0 Å². The SMILES string of the molecule is COC(=O)c1oc2c(c1C)C(=O)C[C@@H](c1ccco1)C2. The molecule has 0 saturated heterocycles. The smallest absolute Gasteiger partial charge is 0.374 e. The Morgan fingerprint density at radius 2 is 2.20 bits per heavy atom. The van der Waals surface area contributed by atoms with E-state index in [0.717, 1.165) is 5.76 Å². The van der Waals surface area contributed by atoms with Gasteiger partial charge in [-0.25, -0.2) is 4.79 Å². The number of fused-ring (bicyclic) bond motifs is 1. The second-order valence-corrected chi connectivity index (χ2v) is 4.89. The van der Waals surface area contributed by atoms with Crippen LogP contribution in [-0.4, -0.2) is 18.9 Å². The van der Waals surface area contributed by atoms with Crippen LogP contribution in [0.25, 0.3) is 0 Å². The average molecular weight is 274 g/mol. The predicted molar refractivity (Wildman–Crippen MR) is 68.9 cm³/mol. The second-order valence-electron chi connectivity index (χ2n) is 4.89. The molecular weight excluding hydrogens is 260 g/mol. The number of carbonyl (C=O) groups excluding carboxylic acids is 2. The topological polar surface area (TPSA) is 69.7 Å². The van der Waals surface area contributed by atoms with Crippen molar-refractivity contribution in [2.45, 2.75) is 25.7 Å². The van der Waals surface area contributed by atoms with E-state index in [9.17, 15) is 9.59 Å². The number of carbonyl (C=O) groups is 2. The van der Waals surface area contributed by atoms with Gasteiger partial charge >= 0.3 is 5.97 Å². The Labute approximate surface area is 115 Å². The van der Waals surface area contributed by atoms with Crippen LogP contribution in [0.3, 0.4) is 0 Å². The van der Waals surface area contributed by atoms with E-state index in [0.29, 0.717) is 29.7 Å². The molecule has 0 saturated carbocycles. The van der Waals surface area contributed by atoms with Crippen molar-refractivity contribution in [1.29, 1.82) is 0 Å². The van der Waals surface area contributed by atoms with Gasteiger partial charge in [-0.05, 0) is 19.1 Å². The van der Waals surface area contributed by atoms with Crippen LogP contribution in [0.4, 0.5) is 0 Å². The third-order valence-corrected chi connectivity index (χ3v) is 3.68. The van der Waals surface area contributed by atoms with E-state index in [1.165, 1.54) is 7.11 Å². The molecule has 20 heavy (non-hydrogen) atoms. The third-order valence-electron chi connectivity index (χ3n) is 3.68. The normalized spacial score (nSPS) is 17.9. The maximum atomic E-state index is 12.3. The van der Waals surface area contributed by atoms with Crippen LogP contribution in [0.1, 0.15) is 50.3 Å². The Hall–Kier alpha value is -2.30. The summed E-state index contributed by atoms with van der Waals surface area (Å²) in [5.74, 6) is 0.800. The van der Waals surface area contributed by atoms with Crippen molar-refractivity contribution in [3.05, 3.63) is 46.8 Å². The molecule has 5 heteroatoms. The molecule has 0 bridgehead atoms. The molecule has 2 aromatic rings. The lowest BCUT2D eigenvalue weighted by molar-refractivity contribution is 0.0561. The Kier molecular flexibility index (Phi) is 2.97. The first kappa shape index (κ1) is 12.7. The molecule has 1 aliphatic carbocycles. The fourth-order valence-electron chi connectivity index (χ4n) is 2.72. The molecule has 0 fully saturated rings. The number of ketones is 1. The summed E-state index contributed by atoms with van der Waals surface area (Å²) in [5.41, 5.74) is 1.09. The Morgan fingerprint density at radius 1 is 1.40 bits per heavy atom. The fourth-order valence-corrected chi connectivity index (χ4v) is 2.72. The van der Waals surface area contributed by atoms with Gasteiger partial charge in [0.05, 0.1) is 18.9 Å². The highest BCUT2D eigenvalue weighted by molar-refractivity contribution is 6.02. The summed E-state index contributed by atoms with van der Waals surface area (Å²) in [7, 11) is 1.29. The van der Waals surface area contributed by atoms with E-state index < -0.39 is 5.97 Å². The van der Waals surface area contributed by atoms with Crippen LogP contribution in [0, 0.1) is 6.92 Å². The zero-order valence-electron chi connectivity index (χ0n) is 11.3. The van der Waals surface area contributed by atoms with Gasteiger partial charge < -0.3 is 13.6 Å². The Morgan fingerprint density at radius 3 is 2.85 bits per heavy atom. The van der Waals surface area contributed by atoms with Crippen molar-refractivity contribution < 1.29 is 23.2 Å². The Balaban J connectivity index is 2.01. The molecule has 1 aliphatic rings. The molecule has 0 spiro atoms. The minimum Gasteiger partial charge on any atom is -0.469 e. The highest BCUT2D eigenvalue weighted by Crippen LogP contribution is 2.36. The summed E-state index contributed by atoms with van der Waals surface area (Å²) in [6.45, 7) is 1.71. The molecular formula is C15H14O5. The number of hydrogen-bond donors (Lipinski definition) is 0. The van der Waals surface area contributed by atoms with Crippen molar-refractivity contribution in [2.75, 3.05) is 7.11 Å². The van der Waals surface area contributed by atoms with Gasteiger partial charge in [-0.1, -0.05) is 0 Å². The molecule has 0 unspecified atom stereocenters. The lowest BCUT2D eigenvalue weighted by atomic mass is 9.84. The molecule has 0 aromatic carbocycles. The van der Waals surface area contributed by atoms with Gasteiger partial charge in [0, 0.05) is 24.3 Å². The van der Waals surface area contributed by atoms with Crippen molar-refractivity contribution in [1.82, 2.24) is 0 Å². The number of methoxy groups -OCH3 is 1. The number of furan rings is 2. The largest absolute Gasteiger partial charge is 0.469 e. The second kappa shape index (κ2) is 4.67. The van der Waals surface area contributed by atoms with Gasteiger partial charge in [-0.3, -0.25) is 4.79 Å². The molecule has 0 radical (unpaired) electrons. The average Bonchev–Trinajstić information content (AvgIpc) is 3.06. The summed E-state index contributed by atoms with van der Waals surface area (Å²) in [6, 6.07) is 3.64. The van der Waals surface area contributed by atoms with E-state index in [1.54, 1.807) is 19.3 Å². The number of rotatable bonds is 2. The molecule has 104 valence electrons. The van der Waals surface area contributed by atoms with E-state index in [4.69, 9.17) is 8.83 Å². The quantitative estimate of drug-likeness (QED) is 0.787. The minimum atomic E-state index is -0.556. The molecule has 2 aromatic heterocycles. The van der Waals surface area contributed by atoms with Gasteiger partial charge in [-0.2, -0.15) is 0 Å². The van der Waals surface area contributed by atoms with E-state index >= 15 is 0 Å². The number of Topliss-reactive ketones (excluding diaryl/α,β-unsaturated/α-hetero) is 1. The fraction of sp³-hybridized carbons (Fsp3) is 0.333. The van der Waals surface area contributed by atoms with Crippen LogP contribution >= 0.6 is 0 Å². The van der Waals surface area contributed by atoms with Crippen LogP contribution in [0.15, 0.2) is 27.2 Å². The molecule has 0 aliphatic heterocycles. The monoisotopic (exact) mass is 274 g/mol. The highest BCUT2D eigenvalue weighted by atomic mass is 16.5. The zero-order chi connectivity index (χ0) is 14.3. The van der Waals surface area contributed by atoms with Crippen molar-refractivity contribution >= 4 is 11.8 Å². The number of ether oxygens (including phenoxy) is 1. The Bertz CT molecular complexity index is 663. The first-order valence-electron chi connectivity index (χ1n) is 6.39. The first-order valence-corrected chi connectivity index (χ1v) is 6.39. The van der Waals surface area contributed by atoms with E-state index in [1.807, 2.05) is 6.07 Å². The van der Waals surface area contributed by atoms with E-state index in [2.05, 4.69) is 4.74 Å². The van der Waals surface area contributed by atoms with Crippen molar-refractivity contribution in [3.8, 4) is 0 Å². The van der Waals surface area contributed by atoms with Gasteiger partial charge in [0.15, 0.2) is 5.78 Å².